The lowest BCUT2D eigenvalue weighted by atomic mass is 10.6. The minimum atomic E-state index is -0.996. The number of amides is 1. The van der Waals surface area contributed by atoms with Gasteiger partial charge in [0.2, 0.25) is 0 Å². The molecule has 6 heteroatoms. The largest absolute Gasteiger partial charge is 0.465 e. The Balaban J connectivity index is 2.29. The number of nitrogens with one attached hydrogen (secondary N) is 1. The molecule has 0 aliphatic heterocycles. The minimum absolute atomic E-state index is 0.405. The van der Waals surface area contributed by atoms with Gasteiger partial charge in [0.05, 0.1) is 6.33 Å². The van der Waals surface area contributed by atoms with Gasteiger partial charge in [0, 0.05) is 19.3 Å². The highest BCUT2D eigenvalue weighted by Gasteiger charge is 1.95. The quantitative estimate of drug-likeness (QED) is 0.804. The highest BCUT2D eigenvalue weighted by atomic mass is 127. The van der Waals surface area contributed by atoms with Crippen LogP contribution >= 0.6 is 22.6 Å². The van der Waals surface area contributed by atoms with Crippen molar-refractivity contribution in [1.82, 2.24) is 14.9 Å². The maximum atomic E-state index is 10.1. The number of nitrogens with zero attached hydrogens (tertiary/aromatic N) is 2. The van der Waals surface area contributed by atoms with Crippen LogP contribution in [-0.2, 0) is 6.54 Å². The molecule has 5 nitrogen and oxygen atoms in total. The second kappa shape index (κ2) is 4.29. The van der Waals surface area contributed by atoms with Gasteiger partial charge in [0.25, 0.3) is 0 Å². The molecule has 0 aromatic carbocycles. The Morgan fingerprint density at radius 2 is 2.58 bits per heavy atom. The number of rotatable bonds is 3. The van der Waals surface area contributed by atoms with Crippen LogP contribution in [0.15, 0.2) is 12.5 Å². The van der Waals surface area contributed by atoms with Gasteiger partial charge in [-0.2, -0.15) is 0 Å². The van der Waals surface area contributed by atoms with Gasteiger partial charge in [-0.05, 0) is 22.6 Å². The zero-order chi connectivity index (χ0) is 8.97. The molecule has 2 N–H and O–H groups in total. The van der Waals surface area contributed by atoms with E-state index in [1.807, 2.05) is 10.8 Å². The molecule has 0 aliphatic rings. The van der Waals surface area contributed by atoms with Crippen molar-refractivity contribution in [3.8, 4) is 0 Å². The summed E-state index contributed by atoms with van der Waals surface area (Å²) in [6.07, 6.45) is 2.53. The van der Waals surface area contributed by atoms with Crippen LogP contribution in [0.1, 0.15) is 0 Å². The first kappa shape index (κ1) is 9.30. The molecule has 0 aliphatic carbocycles. The molecule has 0 spiro atoms. The maximum absolute atomic E-state index is 10.1. The van der Waals surface area contributed by atoms with Crippen molar-refractivity contribution in [2.45, 2.75) is 6.54 Å². The van der Waals surface area contributed by atoms with Crippen LogP contribution in [0.5, 0.6) is 0 Å². The first-order valence-corrected chi connectivity index (χ1v) is 4.40. The zero-order valence-electron chi connectivity index (χ0n) is 6.20. The highest BCUT2D eigenvalue weighted by molar-refractivity contribution is 14.1. The van der Waals surface area contributed by atoms with E-state index in [4.69, 9.17) is 5.11 Å². The van der Waals surface area contributed by atoms with Crippen molar-refractivity contribution >= 4 is 28.7 Å². The van der Waals surface area contributed by atoms with Crippen molar-refractivity contribution < 1.29 is 9.90 Å². The molecule has 1 aromatic rings. The summed E-state index contributed by atoms with van der Waals surface area (Å²) in [6, 6.07) is 0. The molecular weight excluding hydrogens is 273 g/mol. The summed E-state index contributed by atoms with van der Waals surface area (Å²) in [6.45, 7) is 1.02. The van der Waals surface area contributed by atoms with Gasteiger partial charge in [0.15, 0.2) is 0 Å². The third-order valence-electron chi connectivity index (χ3n) is 1.25. The molecule has 0 atom stereocenters. The Kier molecular flexibility index (Phi) is 3.32. The van der Waals surface area contributed by atoms with Gasteiger partial charge >= 0.3 is 6.09 Å². The normalized spacial score (nSPS) is 9.75. The molecule has 0 fully saturated rings. The Morgan fingerprint density at radius 1 is 1.83 bits per heavy atom. The first-order valence-electron chi connectivity index (χ1n) is 3.32. The van der Waals surface area contributed by atoms with Crippen LogP contribution in [0.4, 0.5) is 4.79 Å². The van der Waals surface area contributed by atoms with Gasteiger partial charge in [-0.15, -0.1) is 0 Å². The van der Waals surface area contributed by atoms with E-state index < -0.39 is 6.09 Å². The predicted molar refractivity (Wildman–Crippen MR) is 51.0 cm³/mol. The van der Waals surface area contributed by atoms with Crippen molar-refractivity contribution in [3.63, 3.8) is 0 Å². The van der Waals surface area contributed by atoms with E-state index in [9.17, 15) is 4.79 Å². The summed E-state index contributed by atoms with van der Waals surface area (Å²) >= 11 is 2.10. The SMILES string of the molecule is O=C(O)NCCn1cnc(I)c1. The monoisotopic (exact) mass is 281 g/mol. The first-order chi connectivity index (χ1) is 5.68. The molecule has 1 heterocycles. The molecule has 0 unspecified atom stereocenters. The van der Waals surface area contributed by atoms with Gasteiger partial charge in [-0.3, -0.25) is 0 Å². The third-order valence-corrected chi connectivity index (χ3v) is 1.81. The van der Waals surface area contributed by atoms with Crippen LogP contribution < -0.4 is 5.32 Å². The lowest BCUT2D eigenvalue weighted by molar-refractivity contribution is 0.194. The van der Waals surface area contributed by atoms with Crippen LogP contribution in [0.25, 0.3) is 0 Å². The molecule has 0 bridgehead atoms. The highest BCUT2D eigenvalue weighted by Crippen LogP contribution is 1.98. The molecule has 66 valence electrons. The van der Waals surface area contributed by atoms with E-state index in [0.29, 0.717) is 13.1 Å². The van der Waals surface area contributed by atoms with E-state index in [0.717, 1.165) is 3.70 Å². The average molecular weight is 281 g/mol. The molecule has 0 radical (unpaired) electrons. The zero-order valence-corrected chi connectivity index (χ0v) is 8.35. The fourth-order valence-electron chi connectivity index (χ4n) is 0.747. The summed E-state index contributed by atoms with van der Waals surface area (Å²) in [7, 11) is 0. The summed E-state index contributed by atoms with van der Waals surface area (Å²) in [4.78, 5) is 14.0. The van der Waals surface area contributed by atoms with E-state index >= 15 is 0 Å². The van der Waals surface area contributed by atoms with Crippen molar-refractivity contribution in [1.29, 1.82) is 0 Å². The van der Waals surface area contributed by atoms with Crippen molar-refractivity contribution in [2.75, 3.05) is 6.54 Å². The van der Waals surface area contributed by atoms with Crippen LogP contribution in [-0.4, -0.2) is 27.3 Å². The Labute approximate surface area is 82.9 Å². The Hall–Kier alpha value is -0.790. The van der Waals surface area contributed by atoms with Crippen molar-refractivity contribution in [3.05, 3.63) is 16.2 Å². The van der Waals surface area contributed by atoms with Gasteiger partial charge in [0.1, 0.15) is 3.70 Å². The summed E-state index contributed by atoms with van der Waals surface area (Å²) in [5.74, 6) is 0. The van der Waals surface area contributed by atoms with Gasteiger partial charge in [-0.1, -0.05) is 0 Å². The van der Waals surface area contributed by atoms with E-state index in [1.54, 1.807) is 6.33 Å². The number of imidazole rings is 1. The lowest BCUT2D eigenvalue weighted by Crippen LogP contribution is -2.24. The molecule has 1 rings (SSSR count). The van der Waals surface area contributed by atoms with E-state index in [1.165, 1.54) is 0 Å². The molecule has 1 amide bonds. The molecule has 12 heavy (non-hydrogen) atoms. The number of halogens is 1. The van der Waals surface area contributed by atoms with Crippen LogP contribution in [0, 0.1) is 3.70 Å². The molecular formula is C6H8IN3O2. The van der Waals surface area contributed by atoms with Crippen molar-refractivity contribution in [2.24, 2.45) is 0 Å². The standard InChI is InChI=1S/C6H8IN3O2/c7-5-3-10(4-9-5)2-1-8-6(11)12/h3-4,8H,1-2H2,(H,11,12). The number of carboxylic acid groups (broad SMARTS) is 1. The molecule has 0 saturated carbocycles. The fraction of sp³-hybridized carbons (Fsp3) is 0.333. The second-order valence-corrected chi connectivity index (χ2v) is 3.27. The Bertz CT molecular complexity index is 274. The number of carbonyl (C=O) groups is 1. The van der Waals surface area contributed by atoms with Gasteiger partial charge in [-0.25, -0.2) is 9.78 Å². The fourth-order valence-corrected chi connectivity index (χ4v) is 1.23. The molecule has 1 aromatic heterocycles. The summed E-state index contributed by atoms with van der Waals surface area (Å²) < 4.78 is 2.74. The van der Waals surface area contributed by atoms with Gasteiger partial charge < -0.3 is 15.0 Å². The number of hydrogen-bond donors (Lipinski definition) is 2. The van der Waals surface area contributed by atoms with E-state index in [2.05, 4.69) is 32.9 Å². The number of aromatic nitrogens is 2. The summed E-state index contributed by atoms with van der Waals surface area (Å²) in [5, 5.41) is 10.5. The minimum Gasteiger partial charge on any atom is -0.465 e. The lowest BCUT2D eigenvalue weighted by Gasteiger charge is -2.00. The molecule has 0 saturated heterocycles. The predicted octanol–water partition coefficient (Wildman–Crippen LogP) is 0.755. The summed E-state index contributed by atoms with van der Waals surface area (Å²) in [5.41, 5.74) is 0. The maximum Gasteiger partial charge on any atom is 0.404 e. The third kappa shape index (κ3) is 3.07. The van der Waals surface area contributed by atoms with Crippen LogP contribution in [0.2, 0.25) is 0 Å². The average Bonchev–Trinajstić information content (AvgIpc) is 2.35. The number of hydrogen-bond acceptors (Lipinski definition) is 2. The Morgan fingerprint density at radius 3 is 3.08 bits per heavy atom. The van der Waals surface area contributed by atoms with Crippen LogP contribution in [0.3, 0.4) is 0 Å². The smallest absolute Gasteiger partial charge is 0.404 e. The van der Waals surface area contributed by atoms with E-state index in [-0.39, 0.29) is 0 Å². The topological polar surface area (TPSA) is 67.2 Å². The second-order valence-electron chi connectivity index (χ2n) is 2.17.